The van der Waals surface area contributed by atoms with Crippen LogP contribution in [0.4, 0.5) is 0 Å². The van der Waals surface area contributed by atoms with Crippen molar-refractivity contribution in [1.82, 2.24) is 0 Å². The Morgan fingerprint density at radius 1 is 1.57 bits per heavy atom. The zero-order chi connectivity index (χ0) is 10.6. The number of phenolic OH excluding ortho intramolecular Hbond substituents is 1. The van der Waals surface area contributed by atoms with Gasteiger partial charge in [-0.15, -0.1) is 6.58 Å². The zero-order valence-electron chi connectivity index (χ0n) is 8.53. The number of nitrogens with two attached hydrogens (primary N) is 1. The minimum Gasteiger partial charge on any atom is -0.508 e. The molecular formula is C12H17NO. The molecular weight excluding hydrogens is 174 g/mol. The fourth-order valence-electron chi connectivity index (χ4n) is 1.42. The van der Waals surface area contributed by atoms with Gasteiger partial charge in [0.2, 0.25) is 0 Å². The number of benzene rings is 1. The van der Waals surface area contributed by atoms with E-state index in [-0.39, 0.29) is 6.04 Å². The summed E-state index contributed by atoms with van der Waals surface area (Å²) in [5.74, 6) is 0.293. The molecule has 1 aromatic rings. The highest BCUT2D eigenvalue weighted by Gasteiger charge is 2.09. The number of aryl methyl sites for hydroxylation is 1. The van der Waals surface area contributed by atoms with Crippen LogP contribution in [0.2, 0.25) is 0 Å². The predicted octanol–water partition coefficient (Wildman–Crippen LogP) is 2.67. The minimum atomic E-state index is -0.103. The van der Waals surface area contributed by atoms with E-state index in [0.717, 1.165) is 24.0 Å². The Bertz CT molecular complexity index is 320. The molecule has 0 spiro atoms. The minimum absolute atomic E-state index is 0.103. The number of aromatic hydroxyl groups is 1. The number of allylic oxidation sites excluding steroid dienone is 1. The van der Waals surface area contributed by atoms with Gasteiger partial charge < -0.3 is 10.8 Å². The summed E-state index contributed by atoms with van der Waals surface area (Å²) < 4.78 is 0. The number of hydrogen-bond donors (Lipinski definition) is 2. The van der Waals surface area contributed by atoms with Crippen LogP contribution in [0.5, 0.6) is 5.75 Å². The van der Waals surface area contributed by atoms with E-state index in [1.165, 1.54) is 0 Å². The van der Waals surface area contributed by atoms with Crippen molar-refractivity contribution in [1.29, 1.82) is 0 Å². The predicted molar refractivity (Wildman–Crippen MR) is 59.2 cm³/mol. The SMILES string of the molecule is C=CCC[C@H](N)c1ccc(C)cc1O. The summed E-state index contributed by atoms with van der Waals surface area (Å²) in [5.41, 5.74) is 7.78. The topological polar surface area (TPSA) is 46.2 Å². The maximum atomic E-state index is 9.66. The van der Waals surface area contributed by atoms with Crippen LogP contribution in [0.15, 0.2) is 30.9 Å². The number of rotatable bonds is 4. The maximum absolute atomic E-state index is 9.66. The highest BCUT2D eigenvalue weighted by Crippen LogP contribution is 2.26. The molecule has 0 saturated heterocycles. The number of hydrogen-bond acceptors (Lipinski definition) is 2. The molecule has 1 rings (SSSR count). The summed E-state index contributed by atoms with van der Waals surface area (Å²) in [5, 5.41) is 9.66. The fourth-order valence-corrected chi connectivity index (χ4v) is 1.42. The lowest BCUT2D eigenvalue weighted by Gasteiger charge is -2.12. The molecule has 1 aromatic carbocycles. The average Bonchev–Trinajstić information content (AvgIpc) is 2.14. The summed E-state index contributed by atoms with van der Waals surface area (Å²) in [6.07, 6.45) is 3.53. The zero-order valence-corrected chi connectivity index (χ0v) is 8.53. The first-order valence-corrected chi connectivity index (χ1v) is 4.81. The molecule has 0 aliphatic heterocycles. The van der Waals surface area contributed by atoms with Crippen molar-refractivity contribution in [2.45, 2.75) is 25.8 Å². The summed E-state index contributed by atoms with van der Waals surface area (Å²) >= 11 is 0. The van der Waals surface area contributed by atoms with Gasteiger partial charge in [-0.25, -0.2) is 0 Å². The van der Waals surface area contributed by atoms with Gasteiger partial charge >= 0.3 is 0 Å². The molecule has 76 valence electrons. The lowest BCUT2D eigenvalue weighted by atomic mass is 10.0. The molecule has 2 nitrogen and oxygen atoms in total. The Hall–Kier alpha value is -1.28. The Kier molecular flexibility index (Phi) is 3.72. The smallest absolute Gasteiger partial charge is 0.120 e. The van der Waals surface area contributed by atoms with Crippen molar-refractivity contribution >= 4 is 0 Å². The van der Waals surface area contributed by atoms with Gasteiger partial charge in [0.1, 0.15) is 5.75 Å². The monoisotopic (exact) mass is 191 g/mol. The van der Waals surface area contributed by atoms with Crippen molar-refractivity contribution in [2.75, 3.05) is 0 Å². The van der Waals surface area contributed by atoms with Gasteiger partial charge in [-0.1, -0.05) is 18.2 Å². The summed E-state index contributed by atoms with van der Waals surface area (Å²) in [6, 6.07) is 5.48. The van der Waals surface area contributed by atoms with E-state index >= 15 is 0 Å². The van der Waals surface area contributed by atoms with Crippen LogP contribution < -0.4 is 5.73 Å². The quantitative estimate of drug-likeness (QED) is 0.719. The molecule has 0 aliphatic rings. The van der Waals surface area contributed by atoms with Crippen molar-refractivity contribution in [3.63, 3.8) is 0 Å². The van der Waals surface area contributed by atoms with E-state index in [9.17, 15) is 5.11 Å². The summed E-state index contributed by atoms with van der Waals surface area (Å²) in [4.78, 5) is 0. The van der Waals surface area contributed by atoms with Crippen molar-refractivity contribution < 1.29 is 5.11 Å². The van der Waals surface area contributed by atoms with Gasteiger partial charge in [0.15, 0.2) is 0 Å². The third-order valence-corrected chi connectivity index (χ3v) is 2.27. The van der Waals surface area contributed by atoms with Gasteiger partial charge in [0.05, 0.1) is 0 Å². The van der Waals surface area contributed by atoms with Crippen LogP contribution in [-0.4, -0.2) is 5.11 Å². The van der Waals surface area contributed by atoms with Crippen LogP contribution in [-0.2, 0) is 0 Å². The molecule has 0 saturated carbocycles. The van der Waals surface area contributed by atoms with E-state index in [0.29, 0.717) is 5.75 Å². The second-order valence-corrected chi connectivity index (χ2v) is 3.53. The molecule has 0 bridgehead atoms. The highest BCUT2D eigenvalue weighted by molar-refractivity contribution is 5.37. The van der Waals surface area contributed by atoms with Crippen LogP contribution in [0.25, 0.3) is 0 Å². The third kappa shape index (κ3) is 2.60. The van der Waals surface area contributed by atoms with Gasteiger partial charge in [0.25, 0.3) is 0 Å². The largest absolute Gasteiger partial charge is 0.508 e. The molecule has 0 amide bonds. The second kappa shape index (κ2) is 4.82. The fraction of sp³-hybridized carbons (Fsp3) is 0.333. The van der Waals surface area contributed by atoms with Crippen LogP contribution in [0, 0.1) is 6.92 Å². The maximum Gasteiger partial charge on any atom is 0.120 e. The van der Waals surface area contributed by atoms with Crippen LogP contribution >= 0.6 is 0 Å². The van der Waals surface area contributed by atoms with E-state index < -0.39 is 0 Å². The lowest BCUT2D eigenvalue weighted by Crippen LogP contribution is -2.09. The molecule has 0 heterocycles. The Morgan fingerprint density at radius 2 is 2.29 bits per heavy atom. The lowest BCUT2D eigenvalue weighted by molar-refractivity contribution is 0.458. The number of phenols is 1. The Balaban J connectivity index is 2.78. The first kappa shape index (κ1) is 10.8. The van der Waals surface area contributed by atoms with Crippen LogP contribution in [0.1, 0.15) is 30.0 Å². The molecule has 0 radical (unpaired) electrons. The van der Waals surface area contributed by atoms with Gasteiger partial charge in [-0.2, -0.15) is 0 Å². The molecule has 14 heavy (non-hydrogen) atoms. The van der Waals surface area contributed by atoms with Crippen molar-refractivity contribution in [3.05, 3.63) is 42.0 Å². The Labute approximate surface area is 85.1 Å². The molecule has 0 aromatic heterocycles. The van der Waals surface area contributed by atoms with Crippen LogP contribution in [0.3, 0.4) is 0 Å². The first-order valence-electron chi connectivity index (χ1n) is 4.81. The molecule has 0 aliphatic carbocycles. The van der Waals surface area contributed by atoms with E-state index in [4.69, 9.17) is 5.73 Å². The first-order chi connectivity index (χ1) is 6.65. The van der Waals surface area contributed by atoms with Crippen molar-refractivity contribution in [2.24, 2.45) is 5.73 Å². The van der Waals surface area contributed by atoms with Crippen molar-refractivity contribution in [3.8, 4) is 5.75 Å². The highest BCUT2D eigenvalue weighted by atomic mass is 16.3. The normalized spacial score (nSPS) is 12.4. The van der Waals surface area contributed by atoms with E-state index in [1.807, 2.05) is 25.1 Å². The molecule has 1 atom stereocenters. The van der Waals surface area contributed by atoms with Gasteiger partial charge in [-0.3, -0.25) is 0 Å². The van der Waals surface area contributed by atoms with E-state index in [2.05, 4.69) is 6.58 Å². The summed E-state index contributed by atoms with van der Waals surface area (Å²) in [7, 11) is 0. The molecule has 0 unspecified atom stereocenters. The third-order valence-electron chi connectivity index (χ3n) is 2.27. The van der Waals surface area contributed by atoms with E-state index in [1.54, 1.807) is 6.07 Å². The average molecular weight is 191 g/mol. The summed E-state index contributed by atoms with van der Waals surface area (Å²) in [6.45, 7) is 5.59. The second-order valence-electron chi connectivity index (χ2n) is 3.53. The Morgan fingerprint density at radius 3 is 2.86 bits per heavy atom. The van der Waals surface area contributed by atoms with Gasteiger partial charge in [-0.05, 0) is 31.4 Å². The molecule has 3 N–H and O–H groups in total. The standard InChI is InChI=1S/C12H17NO/c1-3-4-5-11(13)10-7-6-9(2)8-12(10)14/h3,6-8,11,14H,1,4-5,13H2,2H3/t11-/m0/s1. The molecule has 2 heteroatoms. The van der Waals surface area contributed by atoms with Gasteiger partial charge in [0, 0.05) is 11.6 Å². The molecule has 0 fully saturated rings.